The second-order valence-corrected chi connectivity index (χ2v) is 14.2. The number of anilines is 2. The van der Waals surface area contributed by atoms with Gasteiger partial charge in [0.1, 0.15) is 5.58 Å². The Balaban J connectivity index is 0.712. The van der Waals surface area contributed by atoms with Gasteiger partial charge < -0.3 is 24.0 Å². The first kappa shape index (κ1) is 33.6. The van der Waals surface area contributed by atoms with E-state index in [1.165, 1.54) is 61.0 Å². The number of aromatic nitrogens is 2. The SMILES string of the molecule is Cc1ccc2c(n1)oc1c(-c3ccc(CCCCCCc4ccc(N5C=CN(CCCCN6C=CN(c7ccccc7)C6)C5)cc4)cn3)cccc12. The molecule has 0 bridgehead atoms. The predicted molar refractivity (Wildman–Crippen MR) is 214 cm³/mol. The van der Waals surface area contributed by atoms with Gasteiger partial charge in [0, 0.05) is 77.5 Å². The Hall–Kier alpha value is -5.56. The van der Waals surface area contributed by atoms with Crippen LogP contribution in [0.15, 0.2) is 132 Å². The highest BCUT2D eigenvalue weighted by atomic mass is 16.3. The van der Waals surface area contributed by atoms with Crippen molar-refractivity contribution in [1.29, 1.82) is 0 Å². The molecule has 0 aliphatic carbocycles. The van der Waals surface area contributed by atoms with E-state index in [1.54, 1.807) is 0 Å². The van der Waals surface area contributed by atoms with E-state index >= 15 is 0 Å². The lowest BCUT2D eigenvalue weighted by Gasteiger charge is -2.23. The summed E-state index contributed by atoms with van der Waals surface area (Å²) in [6.45, 7) is 6.04. The number of rotatable bonds is 15. The van der Waals surface area contributed by atoms with Crippen LogP contribution in [0.25, 0.3) is 33.3 Å². The zero-order chi connectivity index (χ0) is 35.1. The van der Waals surface area contributed by atoms with E-state index in [0.29, 0.717) is 5.71 Å². The summed E-state index contributed by atoms with van der Waals surface area (Å²) in [5.41, 5.74) is 9.69. The molecule has 7 nitrogen and oxygen atoms in total. The number of aryl methyl sites for hydroxylation is 3. The maximum Gasteiger partial charge on any atom is 0.227 e. The number of furan rings is 1. The van der Waals surface area contributed by atoms with Crippen molar-refractivity contribution in [3.05, 3.63) is 145 Å². The van der Waals surface area contributed by atoms with E-state index in [2.05, 4.69) is 140 Å². The smallest absolute Gasteiger partial charge is 0.227 e. The highest BCUT2D eigenvalue weighted by Gasteiger charge is 2.16. The van der Waals surface area contributed by atoms with Gasteiger partial charge in [-0.05, 0) is 105 Å². The Kier molecular flexibility index (Phi) is 10.2. The standard InChI is InChI=1S/C45H48N6O/c1-35-18-24-41-40-16-11-17-42(44(40)52-45(41)47-35)43-25-21-37(32-46-43)13-6-3-2-5-12-36-19-22-39(23-20-36)51-31-29-49(34-51)27-10-9-26-48-28-30-50(33-48)38-14-7-4-8-15-38/h4,7-8,11,14-25,28-32H,2-3,5-6,9-10,12-13,26-27,33-34H2,1H3. The lowest BCUT2D eigenvalue weighted by atomic mass is 10.0. The van der Waals surface area contributed by atoms with Crippen LogP contribution in [0.3, 0.4) is 0 Å². The number of nitrogens with zero attached hydrogens (tertiary/aromatic N) is 6. The molecule has 0 atom stereocenters. The number of pyridine rings is 2. The van der Waals surface area contributed by atoms with Crippen LogP contribution >= 0.6 is 0 Å². The summed E-state index contributed by atoms with van der Waals surface area (Å²) in [5, 5.41) is 2.13. The van der Waals surface area contributed by atoms with Crippen molar-refractivity contribution in [1.82, 2.24) is 19.8 Å². The van der Waals surface area contributed by atoms with Gasteiger partial charge in [-0.25, -0.2) is 4.98 Å². The lowest BCUT2D eigenvalue weighted by Crippen LogP contribution is -2.27. The fourth-order valence-electron chi connectivity index (χ4n) is 7.38. The van der Waals surface area contributed by atoms with Gasteiger partial charge in [-0.3, -0.25) is 4.98 Å². The molecular weight excluding hydrogens is 641 g/mol. The molecule has 52 heavy (non-hydrogen) atoms. The van der Waals surface area contributed by atoms with E-state index in [9.17, 15) is 0 Å². The minimum absolute atomic E-state index is 0.687. The van der Waals surface area contributed by atoms with Crippen molar-refractivity contribution in [3.8, 4) is 11.3 Å². The number of para-hydroxylation sites is 2. The molecule has 3 aromatic carbocycles. The molecule has 2 aliphatic heterocycles. The van der Waals surface area contributed by atoms with Crippen LogP contribution in [0.1, 0.15) is 55.3 Å². The third kappa shape index (κ3) is 7.84. The normalized spacial score (nSPS) is 14.2. The molecule has 7 heteroatoms. The predicted octanol–water partition coefficient (Wildman–Crippen LogP) is 10.3. The van der Waals surface area contributed by atoms with E-state index in [-0.39, 0.29) is 0 Å². The molecule has 0 radical (unpaired) electrons. The number of benzene rings is 3. The van der Waals surface area contributed by atoms with Gasteiger partial charge >= 0.3 is 0 Å². The van der Waals surface area contributed by atoms with Gasteiger partial charge in [0.05, 0.1) is 19.0 Å². The summed E-state index contributed by atoms with van der Waals surface area (Å²) in [7, 11) is 0. The van der Waals surface area contributed by atoms with Crippen LogP contribution < -0.4 is 9.80 Å². The Morgan fingerprint density at radius 2 is 1.25 bits per heavy atom. The number of hydrogen-bond acceptors (Lipinski definition) is 7. The van der Waals surface area contributed by atoms with Gasteiger partial charge in [-0.15, -0.1) is 0 Å². The van der Waals surface area contributed by atoms with Crippen LogP contribution in [-0.2, 0) is 12.8 Å². The molecule has 264 valence electrons. The van der Waals surface area contributed by atoms with Gasteiger partial charge in [-0.2, -0.15) is 0 Å². The molecule has 5 heterocycles. The van der Waals surface area contributed by atoms with Gasteiger partial charge in [-0.1, -0.05) is 61.4 Å². The summed E-state index contributed by atoms with van der Waals surface area (Å²) >= 11 is 0. The van der Waals surface area contributed by atoms with Crippen molar-refractivity contribution < 1.29 is 4.42 Å². The molecule has 0 saturated carbocycles. The van der Waals surface area contributed by atoms with E-state index in [4.69, 9.17) is 9.40 Å². The third-order valence-corrected chi connectivity index (χ3v) is 10.4. The van der Waals surface area contributed by atoms with Crippen molar-refractivity contribution in [2.45, 2.75) is 58.3 Å². The molecule has 3 aromatic heterocycles. The molecule has 6 aromatic rings. The second kappa shape index (κ2) is 15.8. The zero-order valence-corrected chi connectivity index (χ0v) is 30.2. The quantitative estimate of drug-likeness (QED) is 0.0996. The number of hydrogen-bond donors (Lipinski definition) is 0. The molecule has 0 saturated heterocycles. The average Bonchev–Trinajstić information content (AvgIpc) is 3.95. The van der Waals surface area contributed by atoms with Gasteiger partial charge in [0.2, 0.25) is 5.71 Å². The molecule has 8 rings (SSSR count). The first-order valence-electron chi connectivity index (χ1n) is 18.9. The maximum atomic E-state index is 6.19. The van der Waals surface area contributed by atoms with Gasteiger partial charge in [0.25, 0.3) is 0 Å². The largest absolute Gasteiger partial charge is 0.437 e. The van der Waals surface area contributed by atoms with Crippen LogP contribution in [0, 0.1) is 6.92 Å². The van der Waals surface area contributed by atoms with Crippen molar-refractivity contribution in [2.75, 3.05) is 36.2 Å². The summed E-state index contributed by atoms with van der Waals surface area (Å²) in [5.74, 6) is 0. The minimum atomic E-state index is 0.687. The van der Waals surface area contributed by atoms with Crippen molar-refractivity contribution >= 4 is 33.4 Å². The summed E-state index contributed by atoms with van der Waals surface area (Å²) in [6, 6.07) is 34.5. The van der Waals surface area contributed by atoms with Crippen molar-refractivity contribution in [2.24, 2.45) is 0 Å². The minimum Gasteiger partial charge on any atom is -0.437 e. The average molecular weight is 689 g/mol. The molecule has 0 unspecified atom stereocenters. The highest BCUT2D eigenvalue weighted by Crippen LogP contribution is 2.34. The van der Waals surface area contributed by atoms with Crippen LogP contribution in [-0.4, -0.2) is 46.2 Å². The fourth-order valence-corrected chi connectivity index (χ4v) is 7.38. The Morgan fingerprint density at radius 1 is 0.577 bits per heavy atom. The summed E-state index contributed by atoms with van der Waals surface area (Å²) in [6.07, 6.45) is 20.4. The number of unbranched alkanes of at least 4 members (excludes halogenated alkanes) is 4. The molecule has 0 fully saturated rings. The topological polar surface area (TPSA) is 51.9 Å². The second-order valence-electron chi connectivity index (χ2n) is 14.2. The third-order valence-electron chi connectivity index (χ3n) is 10.4. The van der Waals surface area contributed by atoms with Gasteiger partial charge in [0.15, 0.2) is 0 Å². The molecule has 0 spiro atoms. The van der Waals surface area contributed by atoms with Crippen LogP contribution in [0.4, 0.5) is 11.4 Å². The molecular formula is C45H48N6O. The summed E-state index contributed by atoms with van der Waals surface area (Å²) < 4.78 is 6.19. The molecule has 0 amide bonds. The Labute approximate surface area is 307 Å². The lowest BCUT2D eigenvalue weighted by molar-refractivity contribution is 0.354. The summed E-state index contributed by atoms with van der Waals surface area (Å²) in [4.78, 5) is 18.9. The molecule has 0 N–H and O–H groups in total. The van der Waals surface area contributed by atoms with E-state index in [1.807, 2.05) is 19.2 Å². The Morgan fingerprint density at radius 3 is 1.94 bits per heavy atom. The fraction of sp³-hybridized carbons (Fsp3) is 0.289. The van der Waals surface area contributed by atoms with E-state index < -0.39 is 0 Å². The van der Waals surface area contributed by atoms with Crippen LogP contribution in [0.2, 0.25) is 0 Å². The highest BCUT2D eigenvalue weighted by molar-refractivity contribution is 6.08. The van der Waals surface area contributed by atoms with Crippen molar-refractivity contribution in [3.63, 3.8) is 0 Å². The Bertz CT molecular complexity index is 2140. The maximum absolute atomic E-state index is 6.19. The van der Waals surface area contributed by atoms with E-state index in [0.717, 1.165) is 72.6 Å². The zero-order valence-electron chi connectivity index (χ0n) is 30.2. The first-order chi connectivity index (χ1) is 25.7. The first-order valence-corrected chi connectivity index (χ1v) is 18.9. The monoisotopic (exact) mass is 688 g/mol. The van der Waals surface area contributed by atoms with Crippen LogP contribution in [0.5, 0.6) is 0 Å². The molecule has 2 aliphatic rings. The number of fused-ring (bicyclic) bond motifs is 3.